The first-order chi connectivity index (χ1) is 11.7. The summed E-state index contributed by atoms with van der Waals surface area (Å²) in [6.45, 7) is 8.25. The molecular weight excluding hydrogens is 352 g/mol. The lowest BCUT2D eigenvalue weighted by Gasteiger charge is -2.38. The van der Waals surface area contributed by atoms with E-state index in [0.717, 1.165) is 34.0 Å². The van der Waals surface area contributed by atoms with Gasteiger partial charge in [-0.05, 0) is 69.2 Å². The Hall–Kier alpha value is -1.78. The van der Waals surface area contributed by atoms with E-state index in [1.165, 1.54) is 5.56 Å². The fourth-order valence-electron chi connectivity index (χ4n) is 3.08. The summed E-state index contributed by atoms with van der Waals surface area (Å²) in [6.07, 6.45) is 0.833. The Morgan fingerprint density at radius 2 is 1.96 bits per heavy atom. The van der Waals surface area contributed by atoms with Crippen molar-refractivity contribution >= 4 is 34.6 Å². The van der Waals surface area contributed by atoms with Gasteiger partial charge in [0.2, 0.25) is 0 Å². The van der Waals surface area contributed by atoms with Crippen molar-refractivity contribution in [3.63, 3.8) is 0 Å². The summed E-state index contributed by atoms with van der Waals surface area (Å²) in [4.78, 5) is 0. The van der Waals surface area contributed by atoms with Gasteiger partial charge in [0.1, 0.15) is 11.4 Å². The first-order valence-electron chi connectivity index (χ1n) is 8.37. The normalized spacial score (nSPS) is 18.0. The SMILES string of the molecule is Cc1ccc2c(c1)OC(C)(C)C[C@@H]2NC(=S)Nc1ccc(C)c(Cl)c1. The molecule has 0 aromatic heterocycles. The van der Waals surface area contributed by atoms with E-state index in [9.17, 15) is 0 Å². The zero-order valence-corrected chi connectivity index (χ0v) is 16.5. The van der Waals surface area contributed by atoms with E-state index in [4.69, 9.17) is 28.6 Å². The average molecular weight is 375 g/mol. The number of fused-ring (bicyclic) bond motifs is 1. The van der Waals surface area contributed by atoms with Crippen molar-refractivity contribution in [1.29, 1.82) is 0 Å². The molecule has 0 aliphatic carbocycles. The standard InChI is InChI=1S/C20H23ClN2OS/c1-12-5-8-15-17(11-20(3,4)24-18(15)9-12)23-19(25)22-14-7-6-13(2)16(21)10-14/h5-10,17H,11H2,1-4H3,(H2,22,23,25)/t17-/m0/s1. The molecule has 0 spiro atoms. The Morgan fingerprint density at radius 1 is 1.20 bits per heavy atom. The van der Waals surface area contributed by atoms with Gasteiger partial charge in [-0.25, -0.2) is 0 Å². The van der Waals surface area contributed by atoms with Crippen LogP contribution in [0.2, 0.25) is 5.02 Å². The van der Waals surface area contributed by atoms with Crippen LogP contribution < -0.4 is 15.4 Å². The van der Waals surface area contributed by atoms with E-state index in [1.807, 2.05) is 25.1 Å². The molecule has 3 rings (SSSR count). The van der Waals surface area contributed by atoms with Gasteiger partial charge in [-0.3, -0.25) is 0 Å². The molecule has 3 nitrogen and oxygen atoms in total. The van der Waals surface area contributed by atoms with E-state index in [1.54, 1.807) is 0 Å². The Balaban J connectivity index is 1.77. The Kier molecular flexibility index (Phi) is 4.94. The largest absolute Gasteiger partial charge is 0.487 e. The molecule has 2 aromatic carbocycles. The van der Waals surface area contributed by atoms with Crippen LogP contribution in [0, 0.1) is 13.8 Å². The second kappa shape index (κ2) is 6.85. The van der Waals surface area contributed by atoms with Crippen LogP contribution in [0.15, 0.2) is 36.4 Å². The first-order valence-corrected chi connectivity index (χ1v) is 9.15. The van der Waals surface area contributed by atoms with E-state index in [-0.39, 0.29) is 11.6 Å². The molecule has 1 aliphatic heterocycles. The first kappa shape index (κ1) is 18.0. The molecule has 2 N–H and O–H groups in total. The molecule has 0 bridgehead atoms. The lowest BCUT2D eigenvalue weighted by atomic mass is 9.89. The van der Waals surface area contributed by atoms with E-state index < -0.39 is 0 Å². The van der Waals surface area contributed by atoms with Crippen molar-refractivity contribution in [3.05, 3.63) is 58.1 Å². The van der Waals surface area contributed by atoms with Gasteiger partial charge in [0.15, 0.2) is 5.11 Å². The maximum atomic E-state index is 6.19. The van der Waals surface area contributed by atoms with Gasteiger partial charge in [0.25, 0.3) is 0 Å². The summed E-state index contributed by atoms with van der Waals surface area (Å²) in [6, 6.07) is 12.2. The van der Waals surface area contributed by atoms with Crippen LogP contribution in [0.4, 0.5) is 5.69 Å². The van der Waals surface area contributed by atoms with E-state index in [0.29, 0.717) is 5.11 Å². The van der Waals surface area contributed by atoms with Gasteiger partial charge in [-0.15, -0.1) is 0 Å². The number of hydrogen-bond donors (Lipinski definition) is 2. The van der Waals surface area contributed by atoms with Gasteiger partial charge >= 0.3 is 0 Å². The smallest absolute Gasteiger partial charge is 0.171 e. The zero-order chi connectivity index (χ0) is 18.2. The number of hydrogen-bond acceptors (Lipinski definition) is 2. The molecule has 25 heavy (non-hydrogen) atoms. The monoisotopic (exact) mass is 374 g/mol. The molecule has 1 heterocycles. The molecule has 1 atom stereocenters. The number of benzene rings is 2. The van der Waals surface area contributed by atoms with Gasteiger partial charge in [-0.2, -0.15) is 0 Å². The third-order valence-electron chi connectivity index (χ3n) is 4.36. The van der Waals surface area contributed by atoms with Gasteiger partial charge in [0, 0.05) is 22.7 Å². The number of ether oxygens (including phenoxy) is 1. The Labute approximate surface area is 159 Å². The van der Waals surface area contributed by atoms with E-state index >= 15 is 0 Å². The molecule has 0 radical (unpaired) electrons. The Morgan fingerprint density at radius 3 is 2.68 bits per heavy atom. The third kappa shape index (κ3) is 4.25. The maximum Gasteiger partial charge on any atom is 0.171 e. The quantitative estimate of drug-likeness (QED) is 0.675. The van der Waals surface area contributed by atoms with Gasteiger partial charge in [0.05, 0.1) is 6.04 Å². The Bertz CT molecular complexity index is 819. The summed E-state index contributed by atoms with van der Waals surface area (Å²) in [5.41, 5.74) is 3.99. The number of thiocarbonyl (C=S) groups is 1. The minimum Gasteiger partial charge on any atom is -0.487 e. The number of rotatable bonds is 2. The molecule has 0 saturated heterocycles. The predicted molar refractivity (Wildman–Crippen MR) is 109 cm³/mol. The molecular formula is C20H23ClN2OS. The minimum absolute atomic E-state index is 0.0975. The van der Waals surface area contributed by atoms with Crippen LogP contribution >= 0.6 is 23.8 Å². The van der Waals surface area contributed by atoms with Crippen LogP contribution in [0.25, 0.3) is 0 Å². The van der Waals surface area contributed by atoms with Gasteiger partial charge < -0.3 is 15.4 Å². The highest BCUT2D eigenvalue weighted by Crippen LogP contribution is 2.39. The van der Waals surface area contributed by atoms with Crippen LogP contribution in [-0.4, -0.2) is 10.7 Å². The molecule has 0 amide bonds. The molecule has 0 saturated carbocycles. The van der Waals surface area contributed by atoms with Crippen LogP contribution in [0.1, 0.15) is 43.0 Å². The van der Waals surface area contributed by atoms with Gasteiger partial charge in [-0.1, -0.05) is 29.8 Å². The summed E-state index contributed by atoms with van der Waals surface area (Å²) in [5.74, 6) is 0.926. The molecule has 5 heteroatoms. The molecule has 2 aromatic rings. The topological polar surface area (TPSA) is 33.3 Å². The third-order valence-corrected chi connectivity index (χ3v) is 4.99. The van der Waals surface area contributed by atoms with Crippen molar-refractivity contribution in [2.45, 2.75) is 45.8 Å². The number of nitrogens with one attached hydrogen (secondary N) is 2. The zero-order valence-electron chi connectivity index (χ0n) is 14.9. The second-order valence-corrected chi connectivity index (χ2v) is 8.04. The van der Waals surface area contributed by atoms with Crippen molar-refractivity contribution in [2.75, 3.05) is 5.32 Å². The van der Waals surface area contributed by atoms with Crippen molar-refractivity contribution in [3.8, 4) is 5.75 Å². The molecule has 132 valence electrons. The summed E-state index contributed by atoms with van der Waals surface area (Å²) in [5, 5.41) is 7.95. The lowest BCUT2D eigenvalue weighted by Crippen LogP contribution is -2.42. The highest BCUT2D eigenvalue weighted by atomic mass is 35.5. The van der Waals surface area contributed by atoms with Crippen LogP contribution in [0.3, 0.4) is 0 Å². The predicted octanol–water partition coefficient (Wildman–Crippen LogP) is 5.55. The summed E-state index contributed by atoms with van der Waals surface area (Å²) in [7, 11) is 0. The fraction of sp³-hybridized carbons (Fsp3) is 0.350. The fourth-order valence-corrected chi connectivity index (χ4v) is 3.52. The summed E-state index contributed by atoms with van der Waals surface area (Å²) < 4.78 is 6.14. The average Bonchev–Trinajstić information content (AvgIpc) is 2.49. The molecule has 0 fully saturated rings. The minimum atomic E-state index is -0.249. The summed E-state index contributed by atoms with van der Waals surface area (Å²) >= 11 is 11.7. The molecule has 0 unspecified atom stereocenters. The van der Waals surface area contributed by atoms with Crippen molar-refractivity contribution in [1.82, 2.24) is 5.32 Å². The van der Waals surface area contributed by atoms with Crippen LogP contribution in [0.5, 0.6) is 5.75 Å². The van der Waals surface area contributed by atoms with E-state index in [2.05, 4.69) is 49.6 Å². The van der Waals surface area contributed by atoms with Crippen LogP contribution in [-0.2, 0) is 0 Å². The second-order valence-electron chi connectivity index (χ2n) is 7.22. The van der Waals surface area contributed by atoms with Crippen molar-refractivity contribution in [2.24, 2.45) is 0 Å². The number of aryl methyl sites for hydroxylation is 2. The lowest BCUT2D eigenvalue weighted by molar-refractivity contribution is 0.0696. The highest BCUT2D eigenvalue weighted by Gasteiger charge is 2.34. The molecule has 1 aliphatic rings. The number of anilines is 1. The maximum absolute atomic E-state index is 6.19. The van der Waals surface area contributed by atoms with Crippen molar-refractivity contribution < 1.29 is 4.74 Å². The number of halogens is 1. The highest BCUT2D eigenvalue weighted by molar-refractivity contribution is 7.80.